The van der Waals surface area contributed by atoms with Crippen molar-refractivity contribution in [2.24, 2.45) is 0 Å². The number of rotatable bonds is 6. The predicted octanol–water partition coefficient (Wildman–Crippen LogP) is 3.09. The van der Waals surface area contributed by atoms with Crippen molar-refractivity contribution in [2.75, 3.05) is 13.1 Å². The zero-order chi connectivity index (χ0) is 17.6. The highest BCUT2D eigenvalue weighted by molar-refractivity contribution is 6.42. The smallest absolute Gasteiger partial charge is 0.220 e. The van der Waals surface area contributed by atoms with Crippen LogP contribution in [0.15, 0.2) is 29.0 Å². The summed E-state index contributed by atoms with van der Waals surface area (Å²) in [4.78, 5) is 14.4. The summed E-state index contributed by atoms with van der Waals surface area (Å²) >= 11 is 12.0. The van der Waals surface area contributed by atoms with Gasteiger partial charge in [0, 0.05) is 38.5 Å². The average Bonchev–Trinajstić information content (AvgIpc) is 3.12. The van der Waals surface area contributed by atoms with Crippen LogP contribution in [0.4, 0.5) is 0 Å². The fourth-order valence-electron chi connectivity index (χ4n) is 2.96. The first kappa shape index (κ1) is 18.2. The van der Waals surface area contributed by atoms with Crippen molar-refractivity contribution in [3.63, 3.8) is 0 Å². The minimum atomic E-state index is 0.0288. The van der Waals surface area contributed by atoms with Gasteiger partial charge in [0.1, 0.15) is 0 Å². The molecule has 8 heteroatoms. The number of hydrogen-bond donors (Lipinski definition) is 1. The number of amides is 1. The molecule has 1 saturated heterocycles. The van der Waals surface area contributed by atoms with Gasteiger partial charge < -0.3 is 9.73 Å². The second-order valence-electron chi connectivity index (χ2n) is 6.20. The van der Waals surface area contributed by atoms with E-state index >= 15 is 0 Å². The molecule has 2 aromatic rings. The quantitative estimate of drug-likeness (QED) is 0.830. The van der Waals surface area contributed by atoms with Crippen LogP contribution >= 0.6 is 23.2 Å². The van der Waals surface area contributed by atoms with Crippen LogP contribution in [0, 0.1) is 0 Å². The lowest BCUT2D eigenvalue weighted by atomic mass is 10.0. The lowest BCUT2D eigenvalue weighted by molar-refractivity contribution is -0.122. The Bertz CT molecular complexity index is 701. The second kappa shape index (κ2) is 8.65. The van der Waals surface area contributed by atoms with Crippen molar-refractivity contribution >= 4 is 29.1 Å². The summed E-state index contributed by atoms with van der Waals surface area (Å²) in [5.41, 5.74) is 1.15. The summed E-state index contributed by atoms with van der Waals surface area (Å²) in [5.74, 6) is 0.521. The molecule has 2 heterocycles. The van der Waals surface area contributed by atoms with E-state index in [2.05, 4.69) is 20.4 Å². The second-order valence-corrected chi connectivity index (χ2v) is 7.01. The van der Waals surface area contributed by atoms with Crippen LogP contribution < -0.4 is 5.32 Å². The lowest BCUT2D eigenvalue weighted by Crippen LogP contribution is -2.44. The fourth-order valence-corrected chi connectivity index (χ4v) is 3.28. The monoisotopic (exact) mass is 382 g/mol. The maximum atomic E-state index is 12.0. The number of carbonyl (C=O) groups excluding carboxylic acids is 1. The van der Waals surface area contributed by atoms with Crippen molar-refractivity contribution in [3.05, 3.63) is 46.1 Å². The van der Waals surface area contributed by atoms with E-state index in [4.69, 9.17) is 27.6 Å². The molecule has 25 heavy (non-hydrogen) atoms. The Kier molecular flexibility index (Phi) is 6.29. The number of benzene rings is 1. The Hall–Kier alpha value is -1.63. The molecule has 3 rings (SSSR count). The molecule has 1 aromatic carbocycles. The zero-order valence-electron chi connectivity index (χ0n) is 13.8. The molecule has 0 saturated carbocycles. The van der Waals surface area contributed by atoms with Gasteiger partial charge in [-0.05, 0) is 30.5 Å². The number of nitrogens with one attached hydrogen (secondary N) is 1. The summed E-state index contributed by atoms with van der Waals surface area (Å²) in [6.45, 7) is 2.72. The summed E-state index contributed by atoms with van der Waals surface area (Å²) in [6.07, 6.45) is 3.99. The lowest BCUT2D eigenvalue weighted by Gasteiger charge is -2.32. The topological polar surface area (TPSA) is 71.3 Å². The average molecular weight is 383 g/mol. The number of piperidine rings is 1. The minimum Gasteiger partial charge on any atom is -0.428 e. The Morgan fingerprint density at radius 2 is 2.08 bits per heavy atom. The van der Waals surface area contributed by atoms with Crippen LogP contribution in [0.5, 0.6) is 0 Å². The van der Waals surface area contributed by atoms with Crippen molar-refractivity contribution in [3.8, 4) is 0 Å². The van der Waals surface area contributed by atoms with Gasteiger partial charge in [-0.2, -0.15) is 0 Å². The van der Waals surface area contributed by atoms with E-state index in [1.54, 1.807) is 0 Å². The van der Waals surface area contributed by atoms with Crippen molar-refractivity contribution in [2.45, 2.75) is 38.3 Å². The van der Waals surface area contributed by atoms with Gasteiger partial charge in [0.05, 0.1) is 10.0 Å². The van der Waals surface area contributed by atoms with E-state index < -0.39 is 0 Å². The van der Waals surface area contributed by atoms with Gasteiger partial charge in [-0.1, -0.05) is 29.3 Å². The standard InChI is InChI=1S/C17H20Cl2N4O2/c18-14-2-1-12(9-15(14)19)10-23-7-5-13(6-8-23)21-16(24)3-4-17-22-20-11-25-17/h1-2,9,11,13H,3-8,10H2,(H,21,24). The summed E-state index contributed by atoms with van der Waals surface area (Å²) in [6, 6.07) is 5.96. The van der Waals surface area contributed by atoms with Gasteiger partial charge >= 0.3 is 0 Å². The molecule has 0 bridgehead atoms. The van der Waals surface area contributed by atoms with Gasteiger partial charge in [0.25, 0.3) is 0 Å². The van der Waals surface area contributed by atoms with E-state index in [9.17, 15) is 4.79 Å². The Labute approximate surface area is 156 Å². The number of hydrogen-bond acceptors (Lipinski definition) is 5. The largest absolute Gasteiger partial charge is 0.428 e. The predicted molar refractivity (Wildman–Crippen MR) is 95.5 cm³/mol. The molecule has 1 aliphatic heterocycles. The third kappa shape index (κ3) is 5.42. The normalized spacial score (nSPS) is 16.1. The maximum Gasteiger partial charge on any atom is 0.220 e. The van der Waals surface area contributed by atoms with Crippen LogP contribution in [0.1, 0.15) is 30.7 Å². The number of aromatic nitrogens is 2. The van der Waals surface area contributed by atoms with Crippen LogP contribution in [-0.4, -0.2) is 40.1 Å². The Morgan fingerprint density at radius 3 is 2.76 bits per heavy atom. The third-order valence-electron chi connectivity index (χ3n) is 4.31. The van der Waals surface area contributed by atoms with Crippen molar-refractivity contribution < 1.29 is 9.21 Å². The van der Waals surface area contributed by atoms with Crippen LogP contribution in [-0.2, 0) is 17.8 Å². The fraction of sp³-hybridized carbons (Fsp3) is 0.471. The Balaban J connectivity index is 1.39. The highest BCUT2D eigenvalue weighted by Crippen LogP contribution is 2.24. The molecule has 1 N–H and O–H groups in total. The molecule has 6 nitrogen and oxygen atoms in total. The summed E-state index contributed by atoms with van der Waals surface area (Å²) < 4.78 is 5.03. The third-order valence-corrected chi connectivity index (χ3v) is 5.05. The van der Waals surface area contributed by atoms with Gasteiger partial charge in [-0.15, -0.1) is 10.2 Å². The number of halogens is 2. The summed E-state index contributed by atoms with van der Waals surface area (Å²) in [5, 5.41) is 11.6. The zero-order valence-corrected chi connectivity index (χ0v) is 15.3. The number of likely N-dealkylation sites (tertiary alicyclic amines) is 1. The minimum absolute atomic E-state index is 0.0288. The SMILES string of the molecule is O=C(CCc1nnco1)NC1CCN(Cc2ccc(Cl)c(Cl)c2)CC1. The molecular formula is C17H20Cl2N4O2. The van der Waals surface area contributed by atoms with Gasteiger partial charge in [0.15, 0.2) is 0 Å². The molecule has 1 fully saturated rings. The number of carbonyl (C=O) groups is 1. The first-order chi connectivity index (χ1) is 12.1. The highest BCUT2D eigenvalue weighted by Gasteiger charge is 2.21. The molecule has 1 amide bonds. The van der Waals surface area contributed by atoms with Gasteiger partial charge in [-0.3, -0.25) is 9.69 Å². The van der Waals surface area contributed by atoms with Crippen LogP contribution in [0.25, 0.3) is 0 Å². The molecule has 0 atom stereocenters. The van der Waals surface area contributed by atoms with Gasteiger partial charge in [0.2, 0.25) is 18.2 Å². The van der Waals surface area contributed by atoms with Crippen LogP contribution in [0.3, 0.4) is 0 Å². The number of aryl methyl sites for hydroxylation is 1. The molecule has 1 aromatic heterocycles. The highest BCUT2D eigenvalue weighted by atomic mass is 35.5. The number of nitrogens with zero attached hydrogens (tertiary/aromatic N) is 3. The van der Waals surface area contributed by atoms with E-state index in [1.807, 2.05) is 18.2 Å². The van der Waals surface area contributed by atoms with E-state index in [1.165, 1.54) is 6.39 Å². The maximum absolute atomic E-state index is 12.0. The molecule has 0 radical (unpaired) electrons. The molecule has 0 unspecified atom stereocenters. The van der Waals surface area contributed by atoms with E-state index in [-0.39, 0.29) is 11.9 Å². The van der Waals surface area contributed by atoms with E-state index in [0.717, 1.165) is 38.0 Å². The molecular weight excluding hydrogens is 363 g/mol. The van der Waals surface area contributed by atoms with E-state index in [0.29, 0.717) is 28.8 Å². The summed E-state index contributed by atoms with van der Waals surface area (Å²) in [7, 11) is 0. The molecule has 1 aliphatic rings. The van der Waals surface area contributed by atoms with Crippen molar-refractivity contribution in [1.29, 1.82) is 0 Å². The van der Waals surface area contributed by atoms with Crippen molar-refractivity contribution in [1.82, 2.24) is 20.4 Å². The Morgan fingerprint density at radius 1 is 1.28 bits per heavy atom. The van der Waals surface area contributed by atoms with Crippen LogP contribution in [0.2, 0.25) is 10.0 Å². The molecule has 0 aliphatic carbocycles. The molecule has 134 valence electrons. The first-order valence-electron chi connectivity index (χ1n) is 8.31. The molecule has 0 spiro atoms. The van der Waals surface area contributed by atoms with Gasteiger partial charge in [-0.25, -0.2) is 0 Å². The first-order valence-corrected chi connectivity index (χ1v) is 9.06.